The molecule has 12 rings (SSSR count). The fourth-order valence-corrected chi connectivity index (χ4v) is 13.8. The maximum Gasteiger partial charge on any atom is -0.0128 e. The molecule has 0 radical (unpaired) electrons. The highest BCUT2D eigenvalue weighted by Crippen LogP contribution is 2.53. The Kier molecular flexibility index (Phi) is 26.2. The molecule has 3 atom stereocenters. The van der Waals surface area contributed by atoms with Gasteiger partial charge in [-0.25, -0.2) is 0 Å². The van der Waals surface area contributed by atoms with Gasteiger partial charge in [-0.3, -0.25) is 0 Å². The zero-order chi connectivity index (χ0) is 57.4. The second-order valence-electron chi connectivity index (χ2n) is 26.0. The van der Waals surface area contributed by atoms with Crippen LogP contribution in [0.15, 0.2) is 170 Å². The number of rotatable bonds is 6. The van der Waals surface area contributed by atoms with Gasteiger partial charge < -0.3 is 0 Å². The van der Waals surface area contributed by atoms with Crippen molar-refractivity contribution in [1.29, 1.82) is 0 Å². The van der Waals surface area contributed by atoms with E-state index in [1.54, 1.807) is 22.3 Å². The lowest BCUT2D eigenvalue weighted by molar-refractivity contribution is 0.418. The second-order valence-corrected chi connectivity index (χ2v) is 26.0. The van der Waals surface area contributed by atoms with E-state index in [9.17, 15) is 0 Å². The Hall–Kier alpha value is -5.46. The van der Waals surface area contributed by atoms with Crippen LogP contribution >= 0.6 is 0 Å². The van der Waals surface area contributed by atoms with Crippen molar-refractivity contribution in [2.75, 3.05) is 0 Å². The SMILES string of the molecule is CCc1ccccc1C.Cc1ccccc1C(C)(C)C.Cc1ccccc1C(C)C.Cc1ccccc1C1CC2CCC1C2.Cc1ccccc1C1CCC1.Cc1ccccc1C1CCCC1.Cc1ccccc1C1CCCCC1. The van der Waals surface area contributed by atoms with Crippen LogP contribution in [0.3, 0.4) is 0 Å². The van der Waals surface area contributed by atoms with Gasteiger partial charge in [0.15, 0.2) is 0 Å². The number of fused-ring (bicyclic) bond motifs is 2. The number of benzene rings is 7. The molecule has 5 aliphatic carbocycles. The predicted octanol–water partition coefficient (Wildman–Crippen LogP) is 23.8. The molecule has 0 heteroatoms. The number of aryl methyl sites for hydroxylation is 8. The summed E-state index contributed by atoms with van der Waals surface area (Å²) in [4.78, 5) is 0. The Balaban J connectivity index is 0.000000151. The molecule has 80 heavy (non-hydrogen) atoms. The Labute approximate surface area is 491 Å². The molecule has 5 aliphatic rings. The highest BCUT2D eigenvalue weighted by molar-refractivity contribution is 5.35. The standard InChI is InChI=1S/C14H18.C13H18.C12H16.C11H14.C11H16.C10H14.C9H12/c1-10-4-2-3-5-13(10)14-9-11-6-7-12(14)8-11;1-11-7-5-6-10-13(11)12-8-3-2-4-9-12;1-10-6-2-5-9-12(10)11-7-3-4-8-11;1-9-5-2-3-8-11(9)10-6-4-7-10;1-9-7-5-6-8-10(9)11(2,3)4;1-8(2)10-7-5-4-6-9(10)3;1-3-9-7-5-4-6-8(9)2/h2-5,11-12,14H,6-9H2,1H3;5-7,10,12H,2-4,8-9H2,1H3;2,5-6,9,11H,3-4,7-8H2,1H3;2-3,5,8,10H,4,6-7H2,1H3;5-8H,1-4H3;4-8H,1-3H3;4-7H,3H2,1-2H3. The van der Waals surface area contributed by atoms with Gasteiger partial charge in [-0.1, -0.05) is 256 Å². The third-order valence-electron chi connectivity index (χ3n) is 18.7. The van der Waals surface area contributed by atoms with E-state index in [1.807, 2.05) is 0 Å². The summed E-state index contributed by atoms with van der Waals surface area (Å²) in [5.74, 6) is 6.24. The smallest absolute Gasteiger partial charge is 0.0128 e. The van der Waals surface area contributed by atoms with Crippen molar-refractivity contribution >= 4 is 0 Å². The lowest BCUT2D eigenvalue weighted by Crippen LogP contribution is -2.12. The minimum absolute atomic E-state index is 0.283. The van der Waals surface area contributed by atoms with Gasteiger partial charge in [0.25, 0.3) is 0 Å². The minimum Gasteiger partial charge on any atom is -0.0620 e. The fraction of sp³-hybridized carbons (Fsp3) is 0.475. The van der Waals surface area contributed by atoms with Gasteiger partial charge in [-0.2, -0.15) is 0 Å². The molecule has 0 nitrogen and oxygen atoms in total. The van der Waals surface area contributed by atoms with Crippen molar-refractivity contribution in [3.05, 3.63) is 248 Å². The summed E-state index contributed by atoms with van der Waals surface area (Å²) in [6.07, 6.45) is 24.2. The molecule has 0 heterocycles. The van der Waals surface area contributed by atoms with Gasteiger partial charge in [-0.05, 0) is 237 Å². The van der Waals surface area contributed by atoms with Crippen LogP contribution in [0, 0.1) is 60.3 Å². The molecule has 0 saturated heterocycles. The van der Waals surface area contributed by atoms with Crippen molar-refractivity contribution in [3.63, 3.8) is 0 Å². The maximum absolute atomic E-state index is 2.35. The van der Waals surface area contributed by atoms with Gasteiger partial charge >= 0.3 is 0 Å². The van der Waals surface area contributed by atoms with E-state index in [-0.39, 0.29) is 5.41 Å². The van der Waals surface area contributed by atoms with E-state index in [0.29, 0.717) is 5.92 Å². The molecule has 428 valence electrons. The summed E-state index contributed by atoms with van der Waals surface area (Å²) in [7, 11) is 0. The topological polar surface area (TPSA) is 0 Å². The average Bonchev–Trinajstić information content (AvgIpc) is 4.25. The molecule has 0 aliphatic heterocycles. The Morgan fingerprint density at radius 1 is 0.362 bits per heavy atom. The Bertz CT molecular complexity index is 2850. The van der Waals surface area contributed by atoms with Crippen molar-refractivity contribution < 1.29 is 0 Å². The molecule has 0 aromatic heterocycles. The van der Waals surface area contributed by atoms with E-state index in [1.165, 1.54) is 158 Å². The van der Waals surface area contributed by atoms with E-state index < -0.39 is 0 Å². The maximum atomic E-state index is 2.35. The lowest BCUT2D eigenvalue weighted by Gasteiger charge is -2.27. The Morgan fingerprint density at radius 2 is 0.738 bits per heavy atom. The van der Waals surface area contributed by atoms with Crippen molar-refractivity contribution in [3.8, 4) is 0 Å². The third-order valence-corrected chi connectivity index (χ3v) is 18.7. The van der Waals surface area contributed by atoms with Crippen molar-refractivity contribution in [1.82, 2.24) is 0 Å². The molecule has 2 bridgehead atoms. The van der Waals surface area contributed by atoms with E-state index in [0.717, 1.165) is 41.9 Å². The van der Waals surface area contributed by atoms with Crippen molar-refractivity contribution in [2.45, 2.75) is 234 Å². The third kappa shape index (κ3) is 19.6. The van der Waals surface area contributed by atoms with Crippen LogP contribution in [0.1, 0.15) is 252 Å². The summed E-state index contributed by atoms with van der Waals surface area (Å²) in [5, 5.41) is 0. The van der Waals surface area contributed by atoms with Crippen LogP contribution in [0.25, 0.3) is 0 Å². The molecule has 0 N–H and O–H groups in total. The highest BCUT2D eigenvalue weighted by atomic mass is 14.4. The van der Waals surface area contributed by atoms with Crippen LogP contribution in [0.2, 0.25) is 0 Å². The van der Waals surface area contributed by atoms with Crippen LogP contribution in [0.4, 0.5) is 0 Å². The molecule has 3 unspecified atom stereocenters. The van der Waals surface area contributed by atoms with Crippen LogP contribution in [-0.4, -0.2) is 0 Å². The van der Waals surface area contributed by atoms with Gasteiger partial charge in [0.1, 0.15) is 0 Å². The summed E-state index contributed by atoms with van der Waals surface area (Å²) < 4.78 is 0. The van der Waals surface area contributed by atoms with E-state index in [4.69, 9.17) is 0 Å². The normalized spacial score (nSPS) is 18.4. The van der Waals surface area contributed by atoms with E-state index >= 15 is 0 Å². The molecule has 0 amide bonds. The zero-order valence-electron chi connectivity index (χ0n) is 52.7. The van der Waals surface area contributed by atoms with Gasteiger partial charge in [-0.15, -0.1) is 0 Å². The van der Waals surface area contributed by atoms with Crippen LogP contribution < -0.4 is 0 Å². The van der Waals surface area contributed by atoms with Crippen LogP contribution in [-0.2, 0) is 11.8 Å². The van der Waals surface area contributed by atoms with Crippen molar-refractivity contribution in [2.24, 2.45) is 11.8 Å². The first kappa shape index (κ1) is 63.7. The first-order chi connectivity index (χ1) is 38.5. The van der Waals surface area contributed by atoms with Gasteiger partial charge in [0.05, 0.1) is 0 Å². The lowest BCUT2D eigenvalue weighted by atomic mass is 9.78. The largest absolute Gasteiger partial charge is 0.0620 e. The average molecular weight is 1070 g/mol. The summed E-state index contributed by atoms with van der Waals surface area (Å²) in [6.45, 7) is 28.8. The first-order valence-electron chi connectivity index (χ1n) is 31.9. The summed E-state index contributed by atoms with van der Waals surface area (Å²) >= 11 is 0. The number of hydrogen-bond acceptors (Lipinski definition) is 0. The van der Waals surface area contributed by atoms with Crippen LogP contribution in [0.5, 0.6) is 0 Å². The van der Waals surface area contributed by atoms with Gasteiger partial charge in [0.2, 0.25) is 0 Å². The zero-order valence-corrected chi connectivity index (χ0v) is 52.7. The molecule has 7 aromatic carbocycles. The monoisotopic (exact) mass is 1070 g/mol. The molecule has 7 aromatic rings. The molecule has 5 saturated carbocycles. The van der Waals surface area contributed by atoms with E-state index in [2.05, 4.69) is 260 Å². The molecular formula is C80H108. The summed E-state index contributed by atoms with van der Waals surface area (Å²) in [5.41, 5.74) is 21.2. The van der Waals surface area contributed by atoms with Gasteiger partial charge in [0, 0.05) is 0 Å². The fourth-order valence-electron chi connectivity index (χ4n) is 13.8. The minimum atomic E-state index is 0.283. The molecule has 5 fully saturated rings. The second kappa shape index (κ2) is 32.8. The highest BCUT2D eigenvalue weighted by Gasteiger charge is 2.40. The summed E-state index contributed by atoms with van der Waals surface area (Å²) in [6, 6.07) is 61.0. The first-order valence-corrected chi connectivity index (χ1v) is 31.9. The quantitative estimate of drug-likeness (QED) is 0.156. The molecule has 0 spiro atoms. The Morgan fingerprint density at radius 3 is 1.05 bits per heavy atom. The molecular weight excluding hydrogens is 961 g/mol. The predicted molar refractivity (Wildman–Crippen MR) is 352 cm³/mol. The number of hydrogen-bond donors (Lipinski definition) is 0.